The van der Waals surface area contributed by atoms with Crippen LogP contribution in [0.1, 0.15) is 33.6 Å². The van der Waals surface area contributed by atoms with E-state index in [1.807, 2.05) is 13.0 Å². The fourth-order valence-electron chi connectivity index (χ4n) is 2.03. The van der Waals surface area contributed by atoms with Crippen molar-refractivity contribution in [2.45, 2.75) is 45.8 Å². The van der Waals surface area contributed by atoms with Crippen LogP contribution in [0, 0.1) is 5.92 Å². The van der Waals surface area contributed by atoms with E-state index < -0.39 is 18.1 Å². The van der Waals surface area contributed by atoms with Gasteiger partial charge in [-0.25, -0.2) is 0 Å². The normalized spacial score (nSPS) is 26.2. The predicted octanol–water partition coefficient (Wildman–Crippen LogP) is 2.16. The van der Waals surface area contributed by atoms with Crippen LogP contribution in [0.25, 0.3) is 0 Å². The minimum absolute atomic E-state index is 0.0118. The van der Waals surface area contributed by atoms with Gasteiger partial charge in [0.25, 0.3) is 0 Å². The Kier molecular flexibility index (Phi) is 5.05. The molecule has 0 radical (unpaired) electrons. The Morgan fingerprint density at radius 3 is 2.61 bits per heavy atom. The second kappa shape index (κ2) is 6.12. The quantitative estimate of drug-likeness (QED) is 0.735. The van der Waals surface area contributed by atoms with E-state index in [-0.39, 0.29) is 5.78 Å². The lowest BCUT2D eigenvalue weighted by atomic mass is 9.96. The van der Waals surface area contributed by atoms with Crippen LogP contribution in [-0.2, 0) is 4.79 Å². The fourth-order valence-corrected chi connectivity index (χ4v) is 2.03. The van der Waals surface area contributed by atoms with E-state index in [0.717, 1.165) is 11.1 Å². The summed E-state index contributed by atoms with van der Waals surface area (Å²) >= 11 is 0. The van der Waals surface area contributed by atoms with Crippen LogP contribution in [0.5, 0.6) is 0 Å². The number of rotatable bonds is 5. The summed E-state index contributed by atoms with van der Waals surface area (Å²) in [4.78, 5) is 11.8. The molecule has 0 saturated heterocycles. The minimum Gasteiger partial charge on any atom is -0.389 e. The number of Topliss-reactive ketones (excluding diaryl/α,β-unsaturated/α-hetero) is 1. The van der Waals surface area contributed by atoms with Crippen molar-refractivity contribution in [3.8, 4) is 0 Å². The van der Waals surface area contributed by atoms with Gasteiger partial charge in [-0.2, -0.15) is 0 Å². The van der Waals surface area contributed by atoms with Crippen LogP contribution < -0.4 is 0 Å². The molecular formula is C15H22O3. The largest absolute Gasteiger partial charge is 0.389 e. The van der Waals surface area contributed by atoms with E-state index in [2.05, 4.69) is 6.58 Å². The number of hydrogen-bond donors (Lipinski definition) is 2. The van der Waals surface area contributed by atoms with Crippen molar-refractivity contribution in [3.05, 3.63) is 35.5 Å². The van der Waals surface area contributed by atoms with E-state index in [1.165, 1.54) is 0 Å². The molecule has 0 aromatic rings. The molecule has 3 heteroatoms. The van der Waals surface area contributed by atoms with Gasteiger partial charge in [-0.05, 0) is 45.3 Å². The molecule has 100 valence electrons. The van der Waals surface area contributed by atoms with Gasteiger partial charge in [-0.3, -0.25) is 4.79 Å². The van der Waals surface area contributed by atoms with Gasteiger partial charge in [0.05, 0.1) is 18.1 Å². The SMILES string of the molecule is C=C(C)[C@@H](O)CC/C(C)=C\[C@H]1C(=O)C(C)=C[C@@H]1O. The molecule has 1 aliphatic rings. The molecule has 0 aromatic heterocycles. The summed E-state index contributed by atoms with van der Waals surface area (Å²) in [5, 5.41) is 19.4. The molecule has 18 heavy (non-hydrogen) atoms. The van der Waals surface area contributed by atoms with E-state index in [1.54, 1.807) is 19.9 Å². The van der Waals surface area contributed by atoms with Gasteiger partial charge < -0.3 is 10.2 Å². The Morgan fingerprint density at radius 2 is 2.17 bits per heavy atom. The Balaban J connectivity index is 2.57. The Morgan fingerprint density at radius 1 is 1.56 bits per heavy atom. The van der Waals surface area contributed by atoms with Crippen molar-refractivity contribution >= 4 is 5.78 Å². The summed E-state index contributed by atoms with van der Waals surface area (Å²) in [5.41, 5.74) is 2.38. The molecule has 0 amide bonds. The predicted molar refractivity (Wildman–Crippen MR) is 72.1 cm³/mol. The highest BCUT2D eigenvalue weighted by atomic mass is 16.3. The summed E-state index contributed by atoms with van der Waals surface area (Å²) in [6.45, 7) is 9.13. The molecule has 3 nitrogen and oxygen atoms in total. The summed E-state index contributed by atoms with van der Waals surface area (Å²) in [7, 11) is 0. The van der Waals surface area contributed by atoms with Gasteiger partial charge in [-0.1, -0.05) is 23.8 Å². The first kappa shape index (κ1) is 14.9. The van der Waals surface area contributed by atoms with Crippen molar-refractivity contribution in [2.75, 3.05) is 0 Å². The van der Waals surface area contributed by atoms with Gasteiger partial charge in [0.2, 0.25) is 0 Å². The molecule has 2 N–H and O–H groups in total. The van der Waals surface area contributed by atoms with Crippen molar-refractivity contribution in [3.63, 3.8) is 0 Å². The van der Waals surface area contributed by atoms with E-state index in [0.29, 0.717) is 18.4 Å². The molecule has 1 rings (SSSR count). The summed E-state index contributed by atoms with van der Waals surface area (Å²) in [6.07, 6.45) is 3.49. The number of carbonyl (C=O) groups is 1. The first-order valence-corrected chi connectivity index (χ1v) is 6.24. The van der Waals surface area contributed by atoms with Gasteiger partial charge >= 0.3 is 0 Å². The van der Waals surface area contributed by atoms with Crippen molar-refractivity contribution in [2.24, 2.45) is 5.92 Å². The van der Waals surface area contributed by atoms with E-state index in [4.69, 9.17) is 0 Å². The smallest absolute Gasteiger partial charge is 0.168 e. The molecule has 1 aliphatic carbocycles. The van der Waals surface area contributed by atoms with Gasteiger partial charge in [0, 0.05) is 0 Å². The lowest BCUT2D eigenvalue weighted by Gasteiger charge is -2.13. The zero-order valence-electron chi connectivity index (χ0n) is 11.3. The molecule has 0 fully saturated rings. The van der Waals surface area contributed by atoms with Crippen LogP contribution >= 0.6 is 0 Å². The Bertz CT molecular complexity index is 404. The van der Waals surface area contributed by atoms with Crippen molar-refractivity contribution < 1.29 is 15.0 Å². The molecule has 0 aromatic carbocycles. The van der Waals surface area contributed by atoms with Crippen LogP contribution in [0.4, 0.5) is 0 Å². The highest BCUT2D eigenvalue weighted by Crippen LogP contribution is 2.25. The summed E-state index contributed by atoms with van der Waals surface area (Å²) in [5.74, 6) is -0.464. The number of hydrogen-bond acceptors (Lipinski definition) is 3. The summed E-state index contributed by atoms with van der Waals surface area (Å²) < 4.78 is 0. The van der Waals surface area contributed by atoms with E-state index >= 15 is 0 Å². The Hall–Kier alpha value is -1.19. The molecular weight excluding hydrogens is 228 g/mol. The zero-order valence-corrected chi connectivity index (χ0v) is 11.3. The first-order chi connectivity index (χ1) is 8.32. The highest BCUT2D eigenvalue weighted by Gasteiger charge is 2.30. The van der Waals surface area contributed by atoms with Crippen molar-refractivity contribution in [1.29, 1.82) is 0 Å². The topological polar surface area (TPSA) is 57.5 Å². The maximum Gasteiger partial charge on any atom is 0.168 e. The zero-order chi connectivity index (χ0) is 13.9. The second-order valence-corrected chi connectivity index (χ2v) is 5.14. The lowest BCUT2D eigenvalue weighted by molar-refractivity contribution is -0.118. The van der Waals surface area contributed by atoms with Gasteiger partial charge in [-0.15, -0.1) is 0 Å². The molecule has 0 unspecified atom stereocenters. The minimum atomic E-state index is -0.710. The third-order valence-corrected chi connectivity index (χ3v) is 3.33. The molecule has 0 heterocycles. The standard InChI is InChI=1S/C15H22O3/c1-9(2)13(16)6-5-10(3)7-12-14(17)8-11(4)15(12)18/h7-8,12-14,16-17H,1,5-6H2,2-4H3/b10-7-/t12-,13+,14+/m1/s1. The number of ketones is 1. The molecule has 0 saturated carbocycles. The average Bonchev–Trinajstić information content (AvgIpc) is 2.52. The first-order valence-electron chi connectivity index (χ1n) is 6.24. The second-order valence-electron chi connectivity index (χ2n) is 5.14. The maximum absolute atomic E-state index is 11.8. The van der Waals surface area contributed by atoms with Crippen molar-refractivity contribution in [1.82, 2.24) is 0 Å². The van der Waals surface area contributed by atoms with Crippen LogP contribution in [0.2, 0.25) is 0 Å². The van der Waals surface area contributed by atoms with Crippen LogP contribution in [0.15, 0.2) is 35.5 Å². The van der Waals surface area contributed by atoms with Crippen LogP contribution in [0.3, 0.4) is 0 Å². The highest BCUT2D eigenvalue weighted by molar-refractivity contribution is 6.01. The van der Waals surface area contributed by atoms with Gasteiger partial charge in [0.1, 0.15) is 0 Å². The van der Waals surface area contributed by atoms with Gasteiger partial charge in [0.15, 0.2) is 5.78 Å². The average molecular weight is 250 g/mol. The third-order valence-electron chi connectivity index (χ3n) is 3.33. The number of aliphatic hydroxyl groups is 2. The van der Waals surface area contributed by atoms with Crippen LogP contribution in [-0.4, -0.2) is 28.2 Å². The Labute approximate surface area is 109 Å². The third kappa shape index (κ3) is 3.65. The monoisotopic (exact) mass is 250 g/mol. The lowest BCUT2D eigenvalue weighted by Crippen LogP contribution is -2.18. The molecule has 0 bridgehead atoms. The molecule has 0 aliphatic heterocycles. The molecule has 3 atom stereocenters. The number of carbonyl (C=O) groups excluding carboxylic acids is 1. The number of aliphatic hydroxyl groups excluding tert-OH is 2. The fraction of sp³-hybridized carbons (Fsp3) is 0.533. The number of allylic oxidation sites excluding steroid dienone is 2. The van der Waals surface area contributed by atoms with E-state index in [9.17, 15) is 15.0 Å². The maximum atomic E-state index is 11.8. The molecule has 0 spiro atoms. The summed E-state index contributed by atoms with van der Waals surface area (Å²) in [6, 6.07) is 0.